The topological polar surface area (TPSA) is 38.3 Å². The average Bonchev–Trinajstić information content (AvgIpc) is 3.32. The summed E-state index contributed by atoms with van der Waals surface area (Å²) in [6, 6.07) is 0.529. The lowest BCUT2D eigenvalue weighted by Gasteiger charge is -2.42. The molecule has 3 saturated carbocycles. The third kappa shape index (κ3) is 3.03. The van der Waals surface area contributed by atoms with E-state index >= 15 is 0 Å². The number of esters is 1. The number of hydrogen-bond acceptors (Lipinski definition) is 3. The fourth-order valence-electron chi connectivity index (χ4n) is 4.50. The second-order valence-corrected chi connectivity index (χ2v) is 7.25. The van der Waals surface area contributed by atoms with E-state index in [-0.39, 0.29) is 11.5 Å². The molecule has 3 fully saturated rings. The lowest BCUT2D eigenvalue weighted by Crippen LogP contribution is -2.59. The van der Waals surface area contributed by atoms with E-state index in [2.05, 4.69) is 5.32 Å². The van der Waals surface area contributed by atoms with Crippen LogP contribution in [0.4, 0.5) is 0 Å². The molecule has 3 heteroatoms. The van der Waals surface area contributed by atoms with E-state index in [1.54, 1.807) is 7.11 Å². The quantitative estimate of drug-likeness (QED) is 0.801. The number of rotatable bonds is 4. The first-order valence-corrected chi connectivity index (χ1v) is 8.60. The van der Waals surface area contributed by atoms with E-state index < -0.39 is 0 Å². The second-order valence-electron chi connectivity index (χ2n) is 7.25. The number of ether oxygens (including phenoxy) is 1. The smallest absolute Gasteiger partial charge is 0.326 e. The minimum Gasteiger partial charge on any atom is -0.468 e. The van der Waals surface area contributed by atoms with Crippen LogP contribution in [0.2, 0.25) is 0 Å². The van der Waals surface area contributed by atoms with Crippen LogP contribution in [0.25, 0.3) is 0 Å². The average molecular weight is 279 g/mol. The minimum absolute atomic E-state index is 0.00609. The van der Waals surface area contributed by atoms with E-state index in [1.165, 1.54) is 57.8 Å². The van der Waals surface area contributed by atoms with E-state index in [0.717, 1.165) is 24.7 Å². The molecule has 2 unspecified atom stereocenters. The summed E-state index contributed by atoms with van der Waals surface area (Å²) in [5.74, 6) is 1.64. The van der Waals surface area contributed by atoms with Gasteiger partial charge in [-0.15, -0.1) is 0 Å². The van der Waals surface area contributed by atoms with Gasteiger partial charge >= 0.3 is 5.97 Å². The van der Waals surface area contributed by atoms with Crippen LogP contribution in [0.15, 0.2) is 0 Å². The molecule has 0 aliphatic heterocycles. The Bertz CT molecular complexity index is 347. The maximum absolute atomic E-state index is 12.5. The summed E-state index contributed by atoms with van der Waals surface area (Å²) in [5.41, 5.74) is -0.373. The summed E-state index contributed by atoms with van der Waals surface area (Å²) in [4.78, 5) is 12.5. The van der Waals surface area contributed by atoms with Crippen molar-refractivity contribution in [3.8, 4) is 0 Å². The zero-order valence-corrected chi connectivity index (χ0v) is 12.8. The standard InChI is InChI=1S/C17H29NO2/c1-20-16(19)17(18-15-7-3-2-4-8-15)11-5-6-14(12-17)13-9-10-13/h13-15,18H,2-12H2,1H3. The number of methoxy groups -OCH3 is 1. The highest BCUT2D eigenvalue weighted by Gasteiger charge is 2.48. The van der Waals surface area contributed by atoms with Gasteiger partial charge in [0.15, 0.2) is 0 Å². The summed E-state index contributed by atoms with van der Waals surface area (Å²) in [7, 11) is 1.55. The molecule has 0 heterocycles. The highest BCUT2D eigenvalue weighted by Crippen LogP contribution is 2.47. The summed E-state index contributed by atoms with van der Waals surface area (Å²) in [6.07, 6.45) is 13.7. The first-order valence-electron chi connectivity index (χ1n) is 8.60. The van der Waals surface area contributed by atoms with Gasteiger partial charge in [-0.2, -0.15) is 0 Å². The van der Waals surface area contributed by atoms with Gasteiger partial charge in [0.25, 0.3) is 0 Å². The van der Waals surface area contributed by atoms with Gasteiger partial charge in [0.1, 0.15) is 5.54 Å². The van der Waals surface area contributed by atoms with Crippen molar-refractivity contribution in [2.24, 2.45) is 11.8 Å². The van der Waals surface area contributed by atoms with Gasteiger partial charge in [0.2, 0.25) is 0 Å². The molecule has 0 bridgehead atoms. The Balaban J connectivity index is 1.70. The lowest BCUT2D eigenvalue weighted by molar-refractivity contribution is -0.151. The van der Waals surface area contributed by atoms with Gasteiger partial charge in [-0.25, -0.2) is 0 Å². The molecule has 0 aromatic rings. The molecular formula is C17H29NO2. The second kappa shape index (κ2) is 6.05. The van der Waals surface area contributed by atoms with Gasteiger partial charge in [0.05, 0.1) is 7.11 Å². The van der Waals surface area contributed by atoms with Crippen molar-refractivity contribution < 1.29 is 9.53 Å². The predicted octanol–water partition coefficient (Wildman–Crippen LogP) is 3.42. The van der Waals surface area contributed by atoms with Crippen molar-refractivity contribution in [1.29, 1.82) is 0 Å². The fraction of sp³-hybridized carbons (Fsp3) is 0.941. The maximum atomic E-state index is 12.5. The van der Waals surface area contributed by atoms with E-state index in [9.17, 15) is 4.79 Å². The number of hydrogen-bond donors (Lipinski definition) is 1. The van der Waals surface area contributed by atoms with Crippen LogP contribution in [0.3, 0.4) is 0 Å². The molecule has 3 nitrogen and oxygen atoms in total. The van der Waals surface area contributed by atoms with Crippen LogP contribution in [0, 0.1) is 11.8 Å². The van der Waals surface area contributed by atoms with Crippen molar-refractivity contribution in [1.82, 2.24) is 5.32 Å². The fourth-order valence-corrected chi connectivity index (χ4v) is 4.50. The molecule has 0 radical (unpaired) electrons. The normalized spacial score (nSPS) is 35.8. The number of carbonyl (C=O) groups is 1. The Hall–Kier alpha value is -0.570. The monoisotopic (exact) mass is 279 g/mol. The van der Waals surface area contributed by atoms with Crippen molar-refractivity contribution in [3.05, 3.63) is 0 Å². The highest BCUT2D eigenvalue weighted by atomic mass is 16.5. The van der Waals surface area contributed by atoms with Gasteiger partial charge in [-0.3, -0.25) is 10.1 Å². The zero-order valence-electron chi connectivity index (χ0n) is 12.8. The molecule has 114 valence electrons. The van der Waals surface area contributed by atoms with Crippen molar-refractivity contribution in [2.75, 3.05) is 7.11 Å². The first-order chi connectivity index (χ1) is 9.73. The van der Waals surface area contributed by atoms with Crippen molar-refractivity contribution >= 4 is 5.97 Å². The van der Waals surface area contributed by atoms with E-state index in [0.29, 0.717) is 6.04 Å². The Kier molecular flexibility index (Phi) is 4.34. The molecule has 0 aromatic heterocycles. The highest BCUT2D eigenvalue weighted by molar-refractivity contribution is 5.81. The number of nitrogens with one attached hydrogen (secondary N) is 1. The number of carbonyl (C=O) groups excluding carboxylic acids is 1. The van der Waals surface area contributed by atoms with Crippen LogP contribution in [0.5, 0.6) is 0 Å². The largest absolute Gasteiger partial charge is 0.468 e. The minimum atomic E-state index is -0.373. The van der Waals surface area contributed by atoms with Crippen LogP contribution in [0.1, 0.15) is 70.6 Å². The van der Waals surface area contributed by atoms with E-state index in [4.69, 9.17) is 4.74 Å². The molecule has 3 aliphatic rings. The van der Waals surface area contributed by atoms with Gasteiger partial charge < -0.3 is 4.74 Å². The Morgan fingerprint density at radius 1 is 1.00 bits per heavy atom. The summed E-state index contributed by atoms with van der Waals surface area (Å²) >= 11 is 0. The van der Waals surface area contributed by atoms with E-state index in [1.807, 2.05) is 0 Å². The molecule has 20 heavy (non-hydrogen) atoms. The SMILES string of the molecule is COC(=O)C1(NC2CCCCC2)CCCC(C2CC2)C1. The van der Waals surface area contributed by atoms with Gasteiger partial charge in [-0.05, 0) is 50.4 Å². The Morgan fingerprint density at radius 2 is 1.75 bits per heavy atom. The lowest BCUT2D eigenvalue weighted by atomic mass is 9.73. The third-order valence-corrected chi connectivity index (χ3v) is 5.74. The maximum Gasteiger partial charge on any atom is 0.326 e. The van der Waals surface area contributed by atoms with Crippen molar-refractivity contribution in [2.45, 2.75) is 82.2 Å². The summed E-state index contributed by atoms with van der Waals surface area (Å²) in [5, 5.41) is 3.76. The molecule has 3 aliphatic carbocycles. The van der Waals surface area contributed by atoms with Crippen LogP contribution >= 0.6 is 0 Å². The first kappa shape index (κ1) is 14.4. The summed E-state index contributed by atoms with van der Waals surface area (Å²) in [6.45, 7) is 0. The molecule has 2 atom stereocenters. The third-order valence-electron chi connectivity index (χ3n) is 5.74. The van der Waals surface area contributed by atoms with Crippen LogP contribution < -0.4 is 5.32 Å². The van der Waals surface area contributed by atoms with Crippen LogP contribution in [-0.2, 0) is 9.53 Å². The molecule has 0 spiro atoms. The summed E-state index contributed by atoms with van der Waals surface area (Å²) < 4.78 is 5.18. The van der Waals surface area contributed by atoms with Gasteiger partial charge in [-0.1, -0.05) is 32.1 Å². The van der Waals surface area contributed by atoms with Crippen molar-refractivity contribution in [3.63, 3.8) is 0 Å². The Labute approximate surface area is 122 Å². The molecular weight excluding hydrogens is 250 g/mol. The molecule has 0 amide bonds. The molecule has 0 saturated heterocycles. The molecule has 0 aromatic carbocycles. The van der Waals surface area contributed by atoms with Crippen LogP contribution in [-0.4, -0.2) is 24.7 Å². The zero-order chi connectivity index (χ0) is 14.0. The van der Waals surface area contributed by atoms with Gasteiger partial charge in [0, 0.05) is 6.04 Å². The Morgan fingerprint density at radius 3 is 2.40 bits per heavy atom. The molecule has 3 rings (SSSR count). The molecule has 1 N–H and O–H groups in total. The predicted molar refractivity (Wildman–Crippen MR) is 79.4 cm³/mol.